The number of rotatable bonds is 2. The van der Waals surface area contributed by atoms with Crippen LogP contribution in [0.15, 0.2) is 0 Å². The average molecular weight is 297 g/mol. The number of ether oxygens (including phenoxy) is 1. The highest BCUT2D eigenvalue weighted by Gasteiger charge is 2.28. The molecule has 0 aliphatic carbocycles. The molecule has 0 radical (unpaired) electrons. The predicted octanol–water partition coefficient (Wildman–Crippen LogP) is 1.25. The molecular weight excluding hydrogens is 270 g/mol. The average Bonchev–Trinajstić information content (AvgIpc) is 2.62. The zero-order valence-corrected chi connectivity index (χ0v) is 13.3. The van der Waals surface area contributed by atoms with Gasteiger partial charge < -0.3 is 20.3 Å². The van der Waals surface area contributed by atoms with Gasteiger partial charge in [0.1, 0.15) is 5.60 Å². The summed E-state index contributed by atoms with van der Waals surface area (Å²) < 4.78 is 5.43. The monoisotopic (exact) mass is 297 g/mol. The van der Waals surface area contributed by atoms with Crippen LogP contribution in [0.4, 0.5) is 4.79 Å². The van der Waals surface area contributed by atoms with E-state index in [4.69, 9.17) is 4.74 Å². The summed E-state index contributed by atoms with van der Waals surface area (Å²) in [6.07, 6.45) is 3.24. The van der Waals surface area contributed by atoms with E-state index in [0.717, 1.165) is 25.8 Å². The van der Waals surface area contributed by atoms with Crippen LogP contribution in [-0.2, 0) is 9.53 Å². The Labute approximate surface area is 126 Å². The van der Waals surface area contributed by atoms with E-state index in [2.05, 4.69) is 10.6 Å². The third kappa shape index (κ3) is 5.19. The van der Waals surface area contributed by atoms with E-state index < -0.39 is 5.60 Å². The van der Waals surface area contributed by atoms with E-state index >= 15 is 0 Å². The van der Waals surface area contributed by atoms with Crippen LogP contribution in [0.5, 0.6) is 0 Å². The van der Waals surface area contributed by atoms with Crippen molar-refractivity contribution in [3.05, 3.63) is 0 Å². The lowest BCUT2D eigenvalue weighted by atomic mass is 10.1. The van der Waals surface area contributed by atoms with Crippen molar-refractivity contribution in [3.63, 3.8) is 0 Å². The van der Waals surface area contributed by atoms with Gasteiger partial charge >= 0.3 is 6.09 Å². The van der Waals surface area contributed by atoms with Gasteiger partial charge in [-0.25, -0.2) is 4.79 Å². The van der Waals surface area contributed by atoms with Crippen molar-refractivity contribution >= 4 is 12.0 Å². The molecule has 0 spiro atoms. The molecule has 2 heterocycles. The lowest BCUT2D eigenvalue weighted by Crippen LogP contribution is -2.41. The second-order valence-corrected chi connectivity index (χ2v) is 6.97. The molecule has 0 aromatic heterocycles. The molecule has 2 aliphatic rings. The number of nitrogens with zero attached hydrogens (tertiary/aromatic N) is 1. The molecule has 2 saturated heterocycles. The van der Waals surface area contributed by atoms with Crippen molar-refractivity contribution < 1.29 is 14.3 Å². The second kappa shape index (κ2) is 6.64. The fraction of sp³-hybridized carbons (Fsp3) is 0.867. The van der Waals surface area contributed by atoms with Crippen LogP contribution >= 0.6 is 0 Å². The normalized spacial score (nSPS) is 27.2. The van der Waals surface area contributed by atoms with Crippen LogP contribution in [0.3, 0.4) is 0 Å². The Morgan fingerprint density at radius 3 is 2.67 bits per heavy atom. The molecule has 2 fully saturated rings. The fourth-order valence-corrected chi connectivity index (χ4v) is 2.83. The molecule has 2 rings (SSSR count). The summed E-state index contributed by atoms with van der Waals surface area (Å²) in [4.78, 5) is 25.1. The minimum absolute atomic E-state index is 0.122. The van der Waals surface area contributed by atoms with Crippen molar-refractivity contribution in [1.82, 2.24) is 15.5 Å². The maximum Gasteiger partial charge on any atom is 0.410 e. The van der Waals surface area contributed by atoms with Gasteiger partial charge in [0, 0.05) is 38.1 Å². The minimum Gasteiger partial charge on any atom is -0.444 e. The van der Waals surface area contributed by atoms with Gasteiger partial charge in [0.2, 0.25) is 5.91 Å². The first-order valence-corrected chi connectivity index (χ1v) is 7.84. The van der Waals surface area contributed by atoms with Gasteiger partial charge in [-0.2, -0.15) is 0 Å². The van der Waals surface area contributed by atoms with E-state index in [1.165, 1.54) is 0 Å². The summed E-state index contributed by atoms with van der Waals surface area (Å²) in [7, 11) is 0. The van der Waals surface area contributed by atoms with Crippen LogP contribution in [0.2, 0.25) is 0 Å². The van der Waals surface area contributed by atoms with E-state index in [-0.39, 0.29) is 18.0 Å². The first-order valence-electron chi connectivity index (χ1n) is 7.84. The zero-order valence-electron chi connectivity index (χ0n) is 13.3. The van der Waals surface area contributed by atoms with Crippen LogP contribution in [-0.4, -0.2) is 54.2 Å². The van der Waals surface area contributed by atoms with Crippen molar-refractivity contribution in [3.8, 4) is 0 Å². The molecule has 0 aromatic rings. The predicted molar refractivity (Wildman–Crippen MR) is 80.0 cm³/mol. The van der Waals surface area contributed by atoms with Gasteiger partial charge in [0.05, 0.1) is 0 Å². The molecule has 2 N–H and O–H groups in total. The highest BCUT2D eigenvalue weighted by atomic mass is 16.6. The van der Waals surface area contributed by atoms with Crippen molar-refractivity contribution in [2.45, 2.75) is 64.1 Å². The number of nitrogens with one attached hydrogen (secondary N) is 2. The molecule has 21 heavy (non-hydrogen) atoms. The van der Waals surface area contributed by atoms with Gasteiger partial charge in [-0.05, 0) is 40.0 Å². The van der Waals surface area contributed by atoms with Crippen LogP contribution in [0.1, 0.15) is 46.5 Å². The summed E-state index contributed by atoms with van der Waals surface area (Å²) >= 11 is 0. The third-order valence-electron chi connectivity index (χ3n) is 3.83. The summed E-state index contributed by atoms with van der Waals surface area (Å²) in [6, 6.07) is 0.603. The van der Waals surface area contributed by atoms with Gasteiger partial charge in [-0.1, -0.05) is 0 Å². The molecule has 120 valence electrons. The Bertz CT molecular complexity index is 392. The van der Waals surface area contributed by atoms with Crippen molar-refractivity contribution in [1.29, 1.82) is 0 Å². The minimum atomic E-state index is -0.448. The first-order chi connectivity index (χ1) is 9.83. The Morgan fingerprint density at radius 1 is 1.29 bits per heavy atom. The molecule has 6 heteroatoms. The molecule has 6 nitrogen and oxygen atoms in total. The third-order valence-corrected chi connectivity index (χ3v) is 3.83. The fourth-order valence-electron chi connectivity index (χ4n) is 2.83. The second-order valence-electron chi connectivity index (χ2n) is 6.97. The van der Waals surface area contributed by atoms with E-state index in [1.54, 1.807) is 4.90 Å². The number of hydrogen-bond acceptors (Lipinski definition) is 4. The first kappa shape index (κ1) is 16.1. The van der Waals surface area contributed by atoms with E-state index in [9.17, 15) is 9.59 Å². The van der Waals surface area contributed by atoms with Gasteiger partial charge in [-0.3, -0.25) is 4.79 Å². The standard InChI is InChI=1S/C15H27N3O3/c1-15(2,3)21-14(20)18-7-4-5-11(6-8-18)17-12-9-13(19)16-10-12/h11-12,17H,4-10H2,1-3H3,(H,16,19). The zero-order chi connectivity index (χ0) is 15.5. The maximum atomic E-state index is 12.1. The van der Waals surface area contributed by atoms with E-state index in [0.29, 0.717) is 25.6 Å². The van der Waals surface area contributed by atoms with Crippen molar-refractivity contribution in [2.24, 2.45) is 0 Å². The summed E-state index contributed by atoms with van der Waals surface area (Å²) in [5.41, 5.74) is -0.448. The van der Waals surface area contributed by atoms with Crippen LogP contribution < -0.4 is 10.6 Å². The molecule has 0 saturated carbocycles. The SMILES string of the molecule is CC(C)(C)OC(=O)N1CCCC(NC2CNC(=O)C2)CC1. The molecule has 0 aromatic carbocycles. The lowest BCUT2D eigenvalue weighted by Gasteiger charge is -2.26. The maximum absolute atomic E-state index is 12.1. The van der Waals surface area contributed by atoms with E-state index in [1.807, 2.05) is 20.8 Å². The van der Waals surface area contributed by atoms with Gasteiger partial charge in [-0.15, -0.1) is 0 Å². The largest absolute Gasteiger partial charge is 0.444 e. The number of likely N-dealkylation sites (tertiary alicyclic amines) is 1. The topological polar surface area (TPSA) is 70.7 Å². The molecule has 2 atom stereocenters. The number of hydrogen-bond donors (Lipinski definition) is 2. The quantitative estimate of drug-likeness (QED) is 0.805. The Hall–Kier alpha value is -1.30. The van der Waals surface area contributed by atoms with Crippen LogP contribution in [0.25, 0.3) is 0 Å². The molecule has 0 bridgehead atoms. The number of amides is 2. The van der Waals surface area contributed by atoms with Gasteiger partial charge in [0.25, 0.3) is 0 Å². The summed E-state index contributed by atoms with van der Waals surface area (Å²) in [5, 5.41) is 6.38. The van der Waals surface area contributed by atoms with Crippen LogP contribution in [0, 0.1) is 0 Å². The Kier molecular flexibility index (Phi) is 5.08. The summed E-state index contributed by atoms with van der Waals surface area (Å²) in [6.45, 7) is 7.83. The summed E-state index contributed by atoms with van der Waals surface area (Å²) in [5.74, 6) is 0.122. The highest BCUT2D eigenvalue weighted by molar-refractivity contribution is 5.78. The lowest BCUT2D eigenvalue weighted by molar-refractivity contribution is -0.119. The van der Waals surface area contributed by atoms with Crippen molar-refractivity contribution in [2.75, 3.05) is 19.6 Å². The Morgan fingerprint density at radius 2 is 2.05 bits per heavy atom. The Balaban J connectivity index is 1.79. The molecule has 2 unspecified atom stereocenters. The molecule has 2 aliphatic heterocycles. The molecule has 2 amide bonds. The smallest absolute Gasteiger partial charge is 0.410 e. The molecular formula is C15H27N3O3. The highest BCUT2D eigenvalue weighted by Crippen LogP contribution is 2.16. The number of carbonyl (C=O) groups is 2. The number of carbonyl (C=O) groups excluding carboxylic acids is 2. The van der Waals surface area contributed by atoms with Gasteiger partial charge in [0.15, 0.2) is 0 Å².